The van der Waals surface area contributed by atoms with Crippen LogP contribution in [0, 0.1) is 12.8 Å². The minimum Gasteiger partial charge on any atom is -0.347 e. The van der Waals surface area contributed by atoms with Crippen LogP contribution in [0.25, 0.3) is 0 Å². The van der Waals surface area contributed by atoms with Gasteiger partial charge in [0.25, 0.3) is 11.8 Å². The molecular weight excluding hydrogens is 292 g/mol. The smallest absolute Gasteiger partial charge is 0.291 e. The predicted octanol–water partition coefficient (Wildman–Crippen LogP) is 3.08. The van der Waals surface area contributed by atoms with Crippen LogP contribution in [-0.2, 0) is 9.59 Å². The fraction of sp³-hybridized carbons (Fsp3) is 0.500. The summed E-state index contributed by atoms with van der Waals surface area (Å²) in [7, 11) is 0. The van der Waals surface area contributed by atoms with Gasteiger partial charge in [0.05, 0.1) is 0 Å². The zero-order valence-corrected chi connectivity index (χ0v) is 14.7. The molecule has 5 nitrogen and oxygen atoms in total. The molecule has 1 rings (SSSR count). The summed E-state index contributed by atoms with van der Waals surface area (Å²) in [5.74, 6) is -1.18. The van der Waals surface area contributed by atoms with Gasteiger partial charge in [0, 0.05) is 23.2 Å². The van der Waals surface area contributed by atoms with E-state index in [-0.39, 0.29) is 23.8 Å². The van der Waals surface area contributed by atoms with Crippen LogP contribution >= 0.6 is 0 Å². The molecule has 0 unspecified atom stereocenters. The molecule has 2 amide bonds. The molecule has 0 fully saturated rings. The van der Waals surface area contributed by atoms with Gasteiger partial charge >= 0.3 is 0 Å². The van der Waals surface area contributed by atoms with E-state index in [1.165, 1.54) is 0 Å². The molecule has 0 aliphatic rings. The maximum Gasteiger partial charge on any atom is 0.291 e. The fourth-order valence-electron chi connectivity index (χ4n) is 2.08. The summed E-state index contributed by atoms with van der Waals surface area (Å²) in [4.78, 5) is 36.0. The van der Waals surface area contributed by atoms with Crippen molar-refractivity contribution in [2.24, 2.45) is 5.92 Å². The van der Waals surface area contributed by atoms with Crippen LogP contribution in [0.3, 0.4) is 0 Å². The molecule has 0 heterocycles. The second-order valence-electron chi connectivity index (χ2n) is 7.16. The van der Waals surface area contributed by atoms with E-state index in [0.29, 0.717) is 16.8 Å². The Balaban J connectivity index is 2.94. The van der Waals surface area contributed by atoms with Crippen molar-refractivity contribution in [2.75, 3.05) is 5.32 Å². The van der Waals surface area contributed by atoms with E-state index < -0.39 is 11.7 Å². The van der Waals surface area contributed by atoms with Crippen LogP contribution in [0.15, 0.2) is 18.2 Å². The first-order chi connectivity index (χ1) is 10.5. The maximum atomic E-state index is 12.3. The summed E-state index contributed by atoms with van der Waals surface area (Å²) in [6, 6.07) is 5.07. The normalized spacial score (nSPS) is 11.3. The summed E-state index contributed by atoms with van der Waals surface area (Å²) in [6.45, 7) is 11.2. The Hall–Kier alpha value is -2.17. The van der Waals surface area contributed by atoms with Gasteiger partial charge in [-0.2, -0.15) is 0 Å². The molecular formula is C18H26N2O3. The van der Waals surface area contributed by atoms with Gasteiger partial charge in [-0.1, -0.05) is 19.9 Å². The van der Waals surface area contributed by atoms with E-state index in [1.54, 1.807) is 25.1 Å². The largest absolute Gasteiger partial charge is 0.347 e. The summed E-state index contributed by atoms with van der Waals surface area (Å²) < 4.78 is 0. The Kier molecular flexibility index (Phi) is 6.07. The standard InChI is InChI=1S/C18H26N2O3/c1-11(2)10-15(21)17(23)19-14-9-7-8-13(12(14)3)16(22)20-18(4,5)6/h7-9,11H,10H2,1-6H3,(H,19,23)(H,20,22). The van der Waals surface area contributed by atoms with Gasteiger partial charge in [-0.3, -0.25) is 14.4 Å². The molecule has 0 atom stereocenters. The number of nitrogens with one attached hydrogen (secondary N) is 2. The van der Waals surface area contributed by atoms with Crippen molar-refractivity contribution < 1.29 is 14.4 Å². The zero-order chi connectivity index (χ0) is 17.8. The highest BCUT2D eigenvalue weighted by molar-refractivity contribution is 6.40. The Morgan fingerprint density at radius 2 is 1.74 bits per heavy atom. The lowest BCUT2D eigenvalue weighted by molar-refractivity contribution is -0.135. The molecule has 1 aromatic rings. The zero-order valence-electron chi connectivity index (χ0n) is 14.7. The van der Waals surface area contributed by atoms with Crippen LogP contribution in [0.5, 0.6) is 0 Å². The monoisotopic (exact) mass is 318 g/mol. The first-order valence-corrected chi connectivity index (χ1v) is 7.77. The lowest BCUT2D eigenvalue weighted by atomic mass is 10.0. The third kappa shape index (κ3) is 5.85. The Bertz CT molecular complexity index is 613. The molecule has 0 bridgehead atoms. The van der Waals surface area contributed by atoms with Crippen molar-refractivity contribution in [3.05, 3.63) is 29.3 Å². The molecule has 0 aromatic heterocycles. The van der Waals surface area contributed by atoms with E-state index in [0.717, 1.165) is 0 Å². The number of anilines is 1. The van der Waals surface area contributed by atoms with Gasteiger partial charge < -0.3 is 10.6 Å². The molecule has 2 N–H and O–H groups in total. The predicted molar refractivity (Wildman–Crippen MR) is 91.5 cm³/mol. The molecule has 1 aromatic carbocycles. The molecule has 0 spiro atoms. The highest BCUT2D eigenvalue weighted by Gasteiger charge is 2.20. The number of amides is 2. The first kappa shape index (κ1) is 18.9. The summed E-state index contributed by atoms with van der Waals surface area (Å²) in [5.41, 5.74) is 1.25. The molecule has 23 heavy (non-hydrogen) atoms. The molecule has 0 aliphatic heterocycles. The number of Topliss-reactive ketones (excluding diaryl/α,β-unsaturated/α-hetero) is 1. The summed E-state index contributed by atoms with van der Waals surface area (Å²) in [6.07, 6.45) is 0.203. The van der Waals surface area contributed by atoms with E-state index in [9.17, 15) is 14.4 Å². The third-order valence-electron chi connectivity index (χ3n) is 3.16. The van der Waals surface area contributed by atoms with Gasteiger partial charge in [0.1, 0.15) is 0 Å². The second-order valence-corrected chi connectivity index (χ2v) is 7.16. The van der Waals surface area contributed by atoms with Gasteiger partial charge in [-0.05, 0) is 51.3 Å². The van der Waals surface area contributed by atoms with Crippen molar-refractivity contribution in [3.8, 4) is 0 Å². The van der Waals surface area contributed by atoms with Gasteiger partial charge in [-0.15, -0.1) is 0 Å². The first-order valence-electron chi connectivity index (χ1n) is 7.77. The van der Waals surface area contributed by atoms with Gasteiger partial charge in [-0.25, -0.2) is 0 Å². The van der Waals surface area contributed by atoms with Gasteiger partial charge in [0.15, 0.2) is 0 Å². The number of hydrogen-bond acceptors (Lipinski definition) is 3. The molecule has 0 saturated carbocycles. The number of carbonyl (C=O) groups excluding carboxylic acids is 3. The second kappa shape index (κ2) is 7.40. The summed E-state index contributed by atoms with van der Waals surface area (Å²) in [5, 5.41) is 5.49. The third-order valence-corrected chi connectivity index (χ3v) is 3.16. The average Bonchev–Trinajstić information content (AvgIpc) is 2.38. The molecule has 126 valence electrons. The van der Waals surface area contributed by atoms with E-state index in [1.807, 2.05) is 34.6 Å². The highest BCUT2D eigenvalue weighted by atomic mass is 16.2. The van der Waals surface area contributed by atoms with Crippen LogP contribution in [0.4, 0.5) is 5.69 Å². The molecule has 0 radical (unpaired) electrons. The quantitative estimate of drug-likeness (QED) is 0.819. The van der Waals surface area contributed by atoms with Crippen LogP contribution in [0.1, 0.15) is 57.0 Å². The molecule has 0 saturated heterocycles. The van der Waals surface area contributed by atoms with Crippen LogP contribution < -0.4 is 10.6 Å². The summed E-state index contributed by atoms with van der Waals surface area (Å²) >= 11 is 0. The lowest BCUT2D eigenvalue weighted by Crippen LogP contribution is -2.40. The fourth-order valence-corrected chi connectivity index (χ4v) is 2.08. The Morgan fingerprint density at radius 1 is 1.13 bits per heavy atom. The SMILES string of the molecule is Cc1c(NC(=O)C(=O)CC(C)C)cccc1C(=O)NC(C)(C)C. The average molecular weight is 318 g/mol. The van der Waals surface area contributed by atoms with E-state index >= 15 is 0 Å². The Labute approximate surface area is 137 Å². The molecule has 5 heteroatoms. The van der Waals surface area contributed by atoms with Crippen molar-refractivity contribution >= 4 is 23.3 Å². The minimum absolute atomic E-state index is 0.123. The van der Waals surface area contributed by atoms with Crippen molar-refractivity contribution in [2.45, 2.75) is 53.5 Å². The number of benzene rings is 1. The number of rotatable bonds is 5. The highest BCUT2D eigenvalue weighted by Crippen LogP contribution is 2.20. The molecule has 0 aliphatic carbocycles. The topological polar surface area (TPSA) is 75.3 Å². The minimum atomic E-state index is -0.643. The van der Waals surface area contributed by atoms with Crippen molar-refractivity contribution in [1.82, 2.24) is 5.32 Å². The number of ketones is 1. The Morgan fingerprint density at radius 3 is 2.26 bits per heavy atom. The van der Waals surface area contributed by atoms with Crippen LogP contribution in [-0.4, -0.2) is 23.1 Å². The number of carbonyl (C=O) groups is 3. The van der Waals surface area contributed by atoms with E-state index in [4.69, 9.17) is 0 Å². The lowest BCUT2D eigenvalue weighted by Gasteiger charge is -2.21. The van der Waals surface area contributed by atoms with Crippen molar-refractivity contribution in [1.29, 1.82) is 0 Å². The van der Waals surface area contributed by atoms with Crippen molar-refractivity contribution in [3.63, 3.8) is 0 Å². The van der Waals surface area contributed by atoms with Gasteiger partial charge in [0.2, 0.25) is 5.78 Å². The number of hydrogen-bond donors (Lipinski definition) is 2. The maximum absolute atomic E-state index is 12.3. The van der Waals surface area contributed by atoms with Crippen LogP contribution in [0.2, 0.25) is 0 Å². The van der Waals surface area contributed by atoms with E-state index in [2.05, 4.69) is 10.6 Å².